The summed E-state index contributed by atoms with van der Waals surface area (Å²) in [6, 6.07) is 3.67. The zero-order valence-corrected chi connectivity index (χ0v) is 11.4. The van der Waals surface area contributed by atoms with Gasteiger partial charge in [-0.25, -0.2) is 0 Å². The Bertz CT molecular complexity index is 482. The Morgan fingerprint density at radius 1 is 1.32 bits per heavy atom. The highest BCUT2D eigenvalue weighted by atomic mass is 35.5. The molecule has 0 aliphatic carbocycles. The van der Waals surface area contributed by atoms with E-state index in [0.717, 1.165) is 11.3 Å². The summed E-state index contributed by atoms with van der Waals surface area (Å²) >= 11 is 6.24. The molecule has 2 atom stereocenters. The average molecular weight is 286 g/mol. The molecule has 19 heavy (non-hydrogen) atoms. The Labute approximate surface area is 116 Å². The van der Waals surface area contributed by atoms with Gasteiger partial charge in [0.2, 0.25) is 6.79 Å². The third kappa shape index (κ3) is 2.51. The van der Waals surface area contributed by atoms with Gasteiger partial charge in [-0.1, -0.05) is 11.6 Å². The second-order valence-electron chi connectivity index (χ2n) is 4.88. The summed E-state index contributed by atoms with van der Waals surface area (Å²) in [7, 11) is 1.95. The van der Waals surface area contributed by atoms with E-state index in [1.54, 1.807) is 6.07 Å². The van der Waals surface area contributed by atoms with Crippen LogP contribution in [0.1, 0.15) is 5.56 Å². The van der Waals surface area contributed by atoms with Crippen molar-refractivity contribution in [3.63, 3.8) is 0 Å². The second-order valence-corrected chi connectivity index (χ2v) is 5.29. The predicted molar refractivity (Wildman–Crippen MR) is 69.7 cm³/mol. The number of fused-ring (bicyclic) bond motifs is 1. The molecule has 2 aliphatic rings. The van der Waals surface area contributed by atoms with Crippen molar-refractivity contribution in [3.05, 3.63) is 22.7 Å². The van der Waals surface area contributed by atoms with Crippen molar-refractivity contribution in [2.45, 2.75) is 18.7 Å². The number of aliphatic hydroxyl groups excluding tert-OH is 1. The van der Waals surface area contributed by atoms with Gasteiger partial charge >= 0.3 is 0 Å². The van der Waals surface area contributed by atoms with Gasteiger partial charge in [0.15, 0.2) is 11.5 Å². The van der Waals surface area contributed by atoms with Crippen molar-refractivity contribution < 1.29 is 19.3 Å². The summed E-state index contributed by atoms with van der Waals surface area (Å²) in [4.78, 5) is 2.04. The largest absolute Gasteiger partial charge is 0.454 e. The number of hydrogen-bond acceptors (Lipinski definition) is 5. The maximum absolute atomic E-state index is 9.82. The lowest BCUT2D eigenvalue weighted by molar-refractivity contribution is 0.0925. The maximum Gasteiger partial charge on any atom is 0.231 e. The van der Waals surface area contributed by atoms with Crippen LogP contribution < -0.4 is 9.47 Å². The van der Waals surface area contributed by atoms with Gasteiger partial charge in [0.05, 0.1) is 25.4 Å². The van der Waals surface area contributed by atoms with E-state index in [1.807, 2.05) is 18.0 Å². The highest BCUT2D eigenvalue weighted by Crippen LogP contribution is 2.37. The van der Waals surface area contributed by atoms with Crippen LogP contribution in [0, 0.1) is 0 Å². The third-order valence-electron chi connectivity index (χ3n) is 3.55. The lowest BCUT2D eigenvalue weighted by Crippen LogP contribution is -2.39. The molecule has 6 heteroatoms. The smallest absolute Gasteiger partial charge is 0.231 e. The van der Waals surface area contributed by atoms with Crippen molar-refractivity contribution in [2.24, 2.45) is 0 Å². The van der Waals surface area contributed by atoms with Gasteiger partial charge in [-0.3, -0.25) is 4.90 Å². The zero-order chi connectivity index (χ0) is 13.4. The summed E-state index contributed by atoms with van der Waals surface area (Å²) in [5.41, 5.74) is 0.951. The minimum atomic E-state index is -0.446. The van der Waals surface area contributed by atoms with E-state index < -0.39 is 6.10 Å². The molecule has 3 rings (SSSR count). The molecule has 0 spiro atoms. The van der Waals surface area contributed by atoms with Crippen molar-refractivity contribution in [1.82, 2.24) is 4.90 Å². The molecule has 0 radical (unpaired) electrons. The number of likely N-dealkylation sites (N-methyl/N-ethyl adjacent to an activating group) is 1. The number of halogens is 1. The molecule has 0 unspecified atom stereocenters. The molecule has 104 valence electrons. The van der Waals surface area contributed by atoms with Crippen molar-refractivity contribution in [2.75, 3.05) is 27.1 Å². The van der Waals surface area contributed by atoms with Crippen LogP contribution in [0.4, 0.5) is 0 Å². The molecule has 0 saturated carbocycles. The van der Waals surface area contributed by atoms with Gasteiger partial charge in [-0.2, -0.15) is 0 Å². The third-order valence-corrected chi connectivity index (χ3v) is 3.90. The van der Waals surface area contributed by atoms with E-state index in [4.69, 9.17) is 25.8 Å². The average Bonchev–Trinajstić information content (AvgIpc) is 2.98. The summed E-state index contributed by atoms with van der Waals surface area (Å²) < 4.78 is 15.9. The molecular weight excluding hydrogens is 270 g/mol. The molecule has 2 heterocycles. The molecule has 1 N–H and O–H groups in total. The van der Waals surface area contributed by atoms with Crippen LogP contribution in [0.15, 0.2) is 12.1 Å². The first-order chi connectivity index (χ1) is 9.15. The Morgan fingerprint density at radius 3 is 2.74 bits per heavy atom. The van der Waals surface area contributed by atoms with Crippen molar-refractivity contribution >= 4 is 11.6 Å². The van der Waals surface area contributed by atoms with Crippen LogP contribution >= 0.6 is 11.6 Å². The molecule has 1 aromatic carbocycles. The highest BCUT2D eigenvalue weighted by molar-refractivity contribution is 6.31. The molecule has 0 amide bonds. The van der Waals surface area contributed by atoms with E-state index >= 15 is 0 Å². The molecule has 5 nitrogen and oxygen atoms in total. The van der Waals surface area contributed by atoms with Gasteiger partial charge < -0.3 is 19.3 Å². The van der Waals surface area contributed by atoms with Gasteiger partial charge in [0, 0.05) is 17.6 Å². The summed E-state index contributed by atoms with van der Waals surface area (Å²) in [6.45, 7) is 1.80. The van der Waals surface area contributed by atoms with Crippen LogP contribution in [0.5, 0.6) is 11.5 Å². The standard InChI is InChI=1S/C13H16ClNO4/c1-15(10-5-17-6-11(10)16)4-8-2-12-13(3-9(8)14)19-7-18-12/h2-3,10-11,16H,4-7H2,1H3/t10-,11-/m0/s1. The molecular formula is C13H16ClNO4. The number of hydrogen-bond donors (Lipinski definition) is 1. The number of benzene rings is 1. The summed E-state index contributed by atoms with van der Waals surface area (Å²) in [5, 5.41) is 10.5. The SMILES string of the molecule is CN(Cc1cc2c(cc1Cl)OCO2)[C@H]1COC[C@@H]1O. The molecule has 0 aromatic heterocycles. The fraction of sp³-hybridized carbons (Fsp3) is 0.538. The van der Waals surface area contributed by atoms with Crippen LogP contribution in [-0.4, -0.2) is 49.2 Å². The van der Waals surface area contributed by atoms with Crippen LogP contribution in [0.25, 0.3) is 0 Å². The summed E-state index contributed by atoms with van der Waals surface area (Å²) in [6.07, 6.45) is -0.446. The normalized spacial score (nSPS) is 25.3. The number of rotatable bonds is 3. The Morgan fingerprint density at radius 2 is 2.05 bits per heavy atom. The van der Waals surface area contributed by atoms with E-state index in [2.05, 4.69) is 0 Å². The number of ether oxygens (including phenoxy) is 3. The first kappa shape index (κ1) is 13.0. The molecule has 1 saturated heterocycles. The van der Waals surface area contributed by atoms with Gasteiger partial charge in [0.25, 0.3) is 0 Å². The van der Waals surface area contributed by atoms with Crippen LogP contribution in [-0.2, 0) is 11.3 Å². The topological polar surface area (TPSA) is 51.2 Å². The maximum atomic E-state index is 9.82. The quantitative estimate of drug-likeness (QED) is 0.906. The Balaban J connectivity index is 1.76. The van der Waals surface area contributed by atoms with Crippen molar-refractivity contribution in [1.29, 1.82) is 0 Å². The fourth-order valence-electron chi connectivity index (χ4n) is 2.42. The summed E-state index contributed by atoms with van der Waals surface area (Å²) in [5.74, 6) is 1.40. The van der Waals surface area contributed by atoms with Crippen LogP contribution in [0.3, 0.4) is 0 Å². The first-order valence-corrected chi connectivity index (χ1v) is 6.57. The fourth-order valence-corrected chi connectivity index (χ4v) is 2.63. The molecule has 0 bridgehead atoms. The van der Waals surface area contributed by atoms with E-state index in [9.17, 15) is 5.11 Å². The second kappa shape index (κ2) is 5.17. The molecule has 2 aliphatic heterocycles. The number of aliphatic hydroxyl groups is 1. The lowest BCUT2D eigenvalue weighted by Gasteiger charge is -2.25. The predicted octanol–water partition coefficient (Wildman–Crippen LogP) is 1.26. The molecule has 1 fully saturated rings. The van der Waals surface area contributed by atoms with Crippen LogP contribution in [0.2, 0.25) is 5.02 Å². The van der Waals surface area contributed by atoms with Gasteiger partial charge in [0.1, 0.15) is 0 Å². The minimum absolute atomic E-state index is 0.00138. The van der Waals surface area contributed by atoms with E-state index in [-0.39, 0.29) is 12.8 Å². The molecule has 1 aromatic rings. The number of nitrogens with zero attached hydrogens (tertiary/aromatic N) is 1. The Hall–Kier alpha value is -1.01. The van der Waals surface area contributed by atoms with Gasteiger partial charge in [-0.15, -0.1) is 0 Å². The van der Waals surface area contributed by atoms with E-state index in [1.165, 1.54) is 0 Å². The van der Waals surface area contributed by atoms with Gasteiger partial charge in [-0.05, 0) is 18.7 Å². The lowest BCUT2D eigenvalue weighted by atomic mass is 10.1. The minimum Gasteiger partial charge on any atom is -0.454 e. The highest BCUT2D eigenvalue weighted by Gasteiger charge is 2.30. The Kier molecular flexibility index (Phi) is 3.54. The monoisotopic (exact) mass is 285 g/mol. The first-order valence-electron chi connectivity index (χ1n) is 6.19. The zero-order valence-electron chi connectivity index (χ0n) is 10.6. The van der Waals surface area contributed by atoms with Crippen molar-refractivity contribution in [3.8, 4) is 11.5 Å². The van der Waals surface area contributed by atoms with E-state index in [0.29, 0.717) is 30.5 Å².